The highest BCUT2D eigenvalue weighted by Gasteiger charge is 2.14. The van der Waals surface area contributed by atoms with Gasteiger partial charge in [-0.25, -0.2) is 0 Å². The first kappa shape index (κ1) is 15.5. The largest absolute Gasteiger partial charge is 0.465 e. The van der Waals surface area contributed by atoms with E-state index in [2.05, 4.69) is 5.32 Å². The molecule has 0 aliphatic heterocycles. The number of hydrogen-bond donors (Lipinski definition) is 1. The molecule has 0 saturated carbocycles. The molecule has 0 saturated heterocycles. The van der Waals surface area contributed by atoms with Crippen LogP contribution in [0.2, 0.25) is 0 Å². The SMILES string of the molecule is CCOCOc1cccc(C)c1NC(=O)C(C)CC. The van der Waals surface area contributed by atoms with Gasteiger partial charge in [-0.1, -0.05) is 26.0 Å². The first-order chi connectivity index (χ1) is 9.10. The maximum absolute atomic E-state index is 12.0. The fraction of sp³-hybridized carbons (Fsp3) is 0.533. The fourth-order valence-electron chi connectivity index (χ4n) is 1.54. The second-order valence-corrected chi connectivity index (χ2v) is 4.50. The van der Waals surface area contributed by atoms with Crippen molar-refractivity contribution < 1.29 is 14.3 Å². The van der Waals surface area contributed by atoms with Crippen LogP contribution in [-0.2, 0) is 9.53 Å². The summed E-state index contributed by atoms with van der Waals surface area (Å²) in [6, 6.07) is 5.67. The number of nitrogens with one attached hydrogen (secondary N) is 1. The third-order valence-corrected chi connectivity index (χ3v) is 3.04. The number of anilines is 1. The van der Waals surface area contributed by atoms with Crippen molar-refractivity contribution >= 4 is 11.6 Å². The summed E-state index contributed by atoms with van der Waals surface area (Å²) >= 11 is 0. The number of benzene rings is 1. The van der Waals surface area contributed by atoms with Crippen molar-refractivity contribution in [1.82, 2.24) is 0 Å². The van der Waals surface area contributed by atoms with Gasteiger partial charge in [0.15, 0.2) is 6.79 Å². The van der Waals surface area contributed by atoms with Crippen molar-refractivity contribution in [2.45, 2.75) is 34.1 Å². The Hall–Kier alpha value is -1.55. The van der Waals surface area contributed by atoms with Gasteiger partial charge in [-0.3, -0.25) is 4.79 Å². The maximum atomic E-state index is 12.0. The van der Waals surface area contributed by atoms with Gasteiger partial charge in [0.25, 0.3) is 0 Å². The molecule has 0 aliphatic carbocycles. The van der Waals surface area contributed by atoms with Crippen LogP contribution in [-0.4, -0.2) is 19.3 Å². The first-order valence-corrected chi connectivity index (χ1v) is 6.71. The molecule has 0 aromatic heterocycles. The summed E-state index contributed by atoms with van der Waals surface area (Å²) in [5.41, 5.74) is 1.71. The van der Waals surface area contributed by atoms with Crippen LogP contribution in [0.3, 0.4) is 0 Å². The molecule has 4 heteroatoms. The summed E-state index contributed by atoms with van der Waals surface area (Å²) in [5.74, 6) is 0.641. The van der Waals surface area contributed by atoms with E-state index in [0.29, 0.717) is 12.4 Å². The van der Waals surface area contributed by atoms with Crippen LogP contribution < -0.4 is 10.1 Å². The molecule has 1 aromatic rings. The van der Waals surface area contributed by atoms with Crippen LogP contribution in [0.4, 0.5) is 5.69 Å². The summed E-state index contributed by atoms with van der Waals surface area (Å²) in [5, 5.41) is 2.94. The minimum Gasteiger partial charge on any atom is -0.465 e. The van der Waals surface area contributed by atoms with E-state index in [0.717, 1.165) is 17.7 Å². The average molecular weight is 265 g/mol. The lowest BCUT2D eigenvalue weighted by atomic mass is 10.1. The molecule has 0 spiro atoms. The molecule has 0 bridgehead atoms. The Bertz CT molecular complexity index is 418. The van der Waals surface area contributed by atoms with E-state index in [1.54, 1.807) is 0 Å². The molecule has 0 heterocycles. The smallest absolute Gasteiger partial charge is 0.227 e. The van der Waals surface area contributed by atoms with E-state index < -0.39 is 0 Å². The zero-order valence-corrected chi connectivity index (χ0v) is 12.2. The minimum absolute atomic E-state index is 0.0121. The Kier molecular flexibility index (Phi) is 6.36. The number of ether oxygens (including phenoxy) is 2. The molecule has 1 aromatic carbocycles. The Labute approximate surface area is 115 Å². The molecule has 1 unspecified atom stereocenters. The molecular formula is C15H23NO3. The minimum atomic E-state index is -0.0145. The number of amides is 1. The Morgan fingerprint density at radius 3 is 2.74 bits per heavy atom. The number of carbonyl (C=O) groups excluding carboxylic acids is 1. The molecular weight excluding hydrogens is 242 g/mol. The first-order valence-electron chi connectivity index (χ1n) is 6.71. The average Bonchev–Trinajstić information content (AvgIpc) is 2.41. The molecule has 0 radical (unpaired) electrons. The second-order valence-electron chi connectivity index (χ2n) is 4.50. The van der Waals surface area contributed by atoms with Crippen LogP contribution in [0.5, 0.6) is 5.75 Å². The standard InChI is InChI=1S/C15H23NO3/c1-5-11(3)15(17)16-14-12(4)8-7-9-13(14)19-10-18-6-2/h7-9,11H,5-6,10H2,1-4H3,(H,16,17). The topological polar surface area (TPSA) is 47.6 Å². The zero-order valence-electron chi connectivity index (χ0n) is 12.2. The highest BCUT2D eigenvalue weighted by Crippen LogP contribution is 2.28. The van der Waals surface area contributed by atoms with Crippen LogP contribution in [0, 0.1) is 12.8 Å². The summed E-state index contributed by atoms with van der Waals surface area (Å²) in [4.78, 5) is 12.0. The van der Waals surface area contributed by atoms with Gasteiger partial charge >= 0.3 is 0 Å². The lowest BCUT2D eigenvalue weighted by Crippen LogP contribution is -2.21. The molecule has 1 N–H and O–H groups in total. The van der Waals surface area contributed by atoms with Crippen molar-refractivity contribution in [3.63, 3.8) is 0 Å². The normalized spacial score (nSPS) is 12.0. The molecule has 1 amide bonds. The predicted octanol–water partition coefficient (Wildman–Crippen LogP) is 3.35. The summed E-state index contributed by atoms with van der Waals surface area (Å²) in [7, 11) is 0. The molecule has 19 heavy (non-hydrogen) atoms. The van der Waals surface area contributed by atoms with Gasteiger partial charge in [-0.2, -0.15) is 0 Å². The van der Waals surface area contributed by atoms with Gasteiger partial charge in [-0.15, -0.1) is 0 Å². The fourth-order valence-corrected chi connectivity index (χ4v) is 1.54. The van der Waals surface area contributed by atoms with Gasteiger partial charge < -0.3 is 14.8 Å². The van der Waals surface area contributed by atoms with Gasteiger partial charge in [0.2, 0.25) is 5.91 Å². The monoisotopic (exact) mass is 265 g/mol. The van der Waals surface area contributed by atoms with E-state index in [-0.39, 0.29) is 18.6 Å². The van der Waals surface area contributed by atoms with Crippen molar-refractivity contribution in [1.29, 1.82) is 0 Å². The number of aryl methyl sites for hydroxylation is 1. The van der Waals surface area contributed by atoms with Crippen LogP contribution >= 0.6 is 0 Å². The summed E-state index contributed by atoms with van der Waals surface area (Å²) in [6.45, 7) is 8.54. The molecule has 0 aliphatic rings. The van der Waals surface area contributed by atoms with E-state index in [1.807, 2.05) is 45.9 Å². The highest BCUT2D eigenvalue weighted by atomic mass is 16.7. The van der Waals surface area contributed by atoms with Crippen molar-refractivity contribution in [2.75, 3.05) is 18.7 Å². The Balaban J connectivity index is 2.82. The van der Waals surface area contributed by atoms with Crippen molar-refractivity contribution in [3.8, 4) is 5.75 Å². The molecule has 4 nitrogen and oxygen atoms in total. The van der Waals surface area contributed by atoms with Crippen molar-refractivity contribution in [2.24, 2.45) is 5.92 Å². The second kappa shape index (κ2) is 7.79. The van der Waals surface area contributed by atoms with Crippen molar-refractivity contribution in [3.05, 3.63) is 23.8 Å². The van der Waals surface area contributed by atoms with E-state index >= 15 is 0 Å². The Morgan fingerprint density at radius 2 is 2.11 bits per heavy atom. The molecule has 106 valence electrons. The van der Waals surface area contributed by atoms with Gasteiger partial charge in [-0.05, 0) is 31.9 Å². The van der Waals surface area contributed by atoms with E-state index in [1.165, 1.54) is 0 Å². The van der Waals surface area contributed by atoms with Gasteiger partial charge in [0.1, 0.15) is 5.75 Å². The molecule has 1 atom stereocenters. The van der Waals surface area contributed by atoms with E-state index in [9.17, 15) is 4.79 Å². The number of para-hydroxylation sites is 1. The van der Waals surface area contributed by atoms with Gasteiger partial charge in [0, 0.05) is 12.5 Å². The highest BCUT2D eigenvalue weighted by molar-refractivity contribution is 5.94. The maximum Gasteiger partial charge on any atom is 0.227 e. The number of hydrogen-bond acceptors (Lipinski definition) is 3. The summed E-state index contributed by atoms with van der Waals surface area (Å²) < 4.78 is 10.7. The van der Waals surface area contributed by atoms with Crippen LogP contribution in [0.15, 0.2) is 18.2 Å². The third kappa shape index (κ3) is 4.56. The van der Waals surface area contributed by atoms with Crippen LogP contribution in [0.1, 0.15) is 32.8 Å². The third-order valence-electron chi connectivity index (χ3n) is 3.04. The predicted molar refractivity (Wildman–Crippen MR) is 76.4 cm³/mol. The lowest BCUT2D eigenvalue weighted by molar-refractivity contribution is -0.119. The summed E-state index contributed by atoms with van der Waals surface area (Å²) in [6.07, 6.45) is 0.812. The number of rotatable bonds is 7. The Morgan fingerprint density at radius 1 is 1.37 bits per heavy atom. The molecule has 0 fully saturated rings. The van der Waals surface area contributed by atoms with Crippen LogP contribution in [0.25, 0.3) is 0 Å². The zero-order chi connectivity index (χ0) is 14.3. The van der Waals surface area contributed by atoms with E-state index in [4.69, 9.17) is 9.47 Å². The van der Waals surface area contributed by atoms with Gasteiger partial charge in [0.05, 0.1) is 5.69 Å². The lowest BCUT2D eigenvalue weighted by Gasteiger charge is -2.16. The number of carbonyl (C=O) groups is 1. The quantitative estimate of drug-likeness (QED) is 0.607. The molecule has 1 rings (SSSR count).